The third kappa shape index (κ3) is 5.86. The first-order chi connectivity index (χ1) is 17.6. The van der Waals surface area contributed by atoms with Crippen molar-refractivity contribution >= 4 is 28.6 Å². The van der Waals surface area contributed by atoms with Crippen LogP contribution >= 0.6 is 11.8 Å². The number of amides is 2. The average molecular weight is 508 g/mol. The molecule has 190 valence electrons. The predicted octanol–water partition coefficient (Wildman–Crippen LogP) is 5.76. The lowest BCUT2D eigenvalue weighted by Gasteiger charge is -2.24. The highest BCUT2D eigenvalue weighted by molar-refractivity contribution is 8.14. The maximum absolute atomic E-state index is 12.6. The highest BCUT2D eigenvalue weighted by Crippen LogP contribution is 2.33. The van der Waals surface area contributed by atoms with Gasteiger partial charge in [0.1, 0.15) is 0 Å². The fraction of sp³-hybridized carbons (Fsp3) is 0.464. The fourth-order valence-electron chi connectivity index (χ4n) is 5.07. The molecule has 2 aromatic carbocycles. The monoisotopic (exact) mass is 507 g/mol. The second-order valence-corrected chi connectivity index (χ2v) is 10.6. The van der Waals surface area contributed by atoms with Crippen LogP contribution in [-0.2, 0) is 6.54 Å². The van der Waals surface area contributed by atoms with Gasteiger partial charge in [-0.1, -0.05) is 36.7 Å². The molecule has 2 amide bonds. The van der Waals surface area contributed by atoms with Crippen molar-refractivity contribution in [2.24, 2.45) is 5.10 Å². The Morgan fingerprint density at radius 2 is 1.75 bits per heavy atom. The lowest BCUT2D eigenvalue weighted by atomic mass is 10.1. The highest BCUT2D eigenvalue weighted by atomic mass is 32.2. The van der Waals surface area contributed by atoms with Gasteiger partial charge in [-0.25, -0.2) is 5.01 Å². The number of hydrogen-bond donors (Lipinski definition) is 1. The Morgan fingerprint density at radius 3 is 2.47 bits per heavy atom. The first-order valence-electron chi connectivity index (χ1n) is 12.9. The van der Waals surface area contributed by atoms with Crippen LogP contribution in [0, 0.1) is 0 Å². The Morgan fingerprint density at radius 1 is 1.03 bits per heavy atom. The van der Waals surface area contributed by atoms with E-state index in [1.54, 1.807) is 7.11 Å². The molecule has 0 aromatic heterocycles. The summed E-state index contributed by atoms with van der Waals surface area (Å²) in [4.78, 5) is 25.1. The second-order valence-electron chi connectivity index (χ2n) is 9.70. The molecule has 1 heterocycles. The van der Waals surface area contributed by atoms with Gasteiger partial charge in [-0.3, -0.25) is 9.59 Å². The Labute approximate surface area is 216 Å². The number of carbonyl (C=O) groups is 2. The van der Waals surface area contributed by atoms with E-state index in [9.17, 15) is 9.59 Å². The van der Waals surface area contributed by atoms with Crippen LogP contribution in [0.1, 0.15) is 72.9 Å². The lowest BCUT2D eigenvalue weighted by Crippen LogP contribution is -2.32. The minimum absolute atomic E-state index is 0.0338. The molecule has 0 spiro atoms. The van der Waals surface area contributed by atoms with E-state index in [0.717, 1.165) is 48.3 Å². The highest BCUT2D eigenvalue weighted by Gasteiger charge is 2.25. The van der Waals surface area contributed by atoms with Crippen LogP contribution in [0.3, 0.4) is 0 Å². The third-order valence-corrected chi connectivity index (χ3v) is 7.99. The Bertz CT molecular complexity index is 1120. The van der Waals surface area contributed by atoms with E-state index >= 15 is 0 Å². The van der Waals surface area contributed by atoms with Crippen molar-refractivity contribution in [2.45, 2.75) is 70.1 Å². The van der Waals surface area contributed by atoms with Gasteiger partial charge in [0.25, 0.3) is 5.91 Å². The van der Waals surface area contributed by atoms with Gasteiger partial charge in [0, 0.05) is 22.9 Å². The molecule has 0 unspecified atom stereocenters. The number of rotatable bonds is 8. The molecule has 36 heavy (non-hydrogen) atoms. The third-order valence-electron chi connectivity index (χ3n) is 7.12. The molecule has 2 aliphatic carbocycles. The van der Waals surface area contributed by atoms with Crippen LogP contribution in [-0.4, -0.2) is 46.9 Å². The van der Waals surface area contributed by atoms with E-state index in [1.165, 1.54) is 42.5 Å². The van der Waals surface area contributed by atoms with Gasteiger partial charge in [-0.15, -0.1) is 0 Å². The first-order valence-corrected chi connectivity index (χ1v) is 13.8. The number of methoxy groups -OCH3 is 1. The van der Waals surface area contributed by atoms with Gasteiger partial charge in [-0.2, -0.15) is 5.10 Å². The molecule has 0 radical (unpaired) electrons. The van der Waals surface area contributed by atoms with E-state index in [0.29, 0.717) is 23.6 Å². The molecule has 1 aliphatic heterocycles. The van der Waals surface area contributed by atoms with Crippen molar-refractivity contribution in [3.05, 3.63) is 59.2 Å². The van der Waals surface area contributed by atoms with Crippen LogP contribution < -0.4 is 14.8 Å². The van der Waals surface area contributed by atoms with Crippen molar-refractivity contribution in [3.63, 3.8) is 0 Å². The largest absolute Gasteiger partial charge is 0.493 e. The summed E-state index contributed by atoms with van der Waals surface area (Å²) in [7, 11) is 1.65. The van der Waals surface area contributed by atoms with Crippen LogP contribution in [0.2, 0.25) is 0 Å². The van der Waals surface area contributed by atoms with Gasteiger partial charge in [0.15, 0.2) is 11.5 Å². The van der Waals surface area contributed by atoms with Gasteiger partial charge in [0.05, 0.1) is 25.5 Å². The molecule has 1 N–H and O–H groups in total. The summed E-state index contributed by atoms with van der Waals surface area (Å²) in [6.07, 6.45) is 9.21. The summed E-state index contributed by atoms with van der Waals surface area (Å²) in [5, 5.41) is 9.21. The molecule has 8 heteroatoms. The van der Waals surface area contributed by atoms with Gasteiger partial charge >= 0.3 is 5.24 Å². The number of hydrazone groups is 1. The fourth-order valence-corrected chi connectivity index (χ4v) is 5.81. The smallest absolute Gasteiger partial charge is 0.302 e. The Hall–Kier alpha value is -3.00. The summed E-state index contributed by atoms with van der Waals surface area (Å²) < 4.78 is 11.8. The van der Waals surface area contributed by atoms with Crippen LogP contribution in [0.25, 0.3) is 0 Å². The van der Waals surface area contributed by atoms with Crippen LogP contribution in [0.5, 0.6) is 11.5 Å². The molecule has 2 fully saturated rings. The van der Waals surface area contributed by atoms with E-state index in [4.69, 9.17) is 9.47 Å². The molecular weight excluding hydrogens is 474 g/mol. The van der Waals surface area contributed by atoms with Crippen LogP contribution in [0.4, 0.5) is 4.79 Å². The van der Waals surface area contributed by atoms with E-state index in [2.05, 4.69) is 10.4 Å². The number of ether oxygens (including phenoxy) is 2. The van der Waals surface area contributed by atoms with Crippen molar-refractivity contribution < 1.29 is 19.1 Å². The molecule has 0 bridgehead atoms. The van der Waals surface area contributed by atoms with Crippen molar-refractivity contribution in [2.75, 3.05) is 12.9 Å². The quantitative estimate of drug-likeness (QED) is 0.491. The molecule has 0 saturated heterocycles. The molecule has 7 nitrogen and oxygen atoms in total. The number of hydrogen-bond acceptors (Lipinski definition) is 6. The van der Waals surface area contributed by atoms with Crippen LogP contribution in [0.15, 0.2) is 47.6 Å². The summed E-state index contributed by atoms with van der Waals surface area (Å²) in [5.41, 5.74) is 3.31. The number of nitrogens with one attached hydrogen (secondary N) is 1. The molecular formula is C28H33N3O4S. The summed E-state index contributed by atoms with van der Waals surface area (Å²) >= 11 is 1.24. The number of carbonyl (C=O) groups excluding carboxylic acids is 2. The lowest BCUT2D eigenvalue weighted by molar-refractivity contribution is 0.0938. The maximum Gasteiger partial charge on any atom is 0.302 e. The van der Waals surface area contributed by atoms with Crippen molar-refractivity contribution in [1.82, 2.24) is 10.3 Å². The molecule has 2 saturated carbocycles. The number of benzene rings is 2. The minimum Gasteiger partial charge on any atom is -0.493 e. The maximum atomic E-state index is 12.6. The normalized spacial score (nSPS) is 18.9. The molecule has 2 aromatic rings. The molecule has 5 rings (SSSR count). The first kappa shape index (κ1) is 24.7. The topological polar surface area (TPSA) is 80.2 Å². The van der Waals surface area contributed by atoms with E-state index < -0.39 is 0 Å². The number of nitrogens with zero attached hydrogens (tertiary/aromatic N) is 2. The molecule has 3 aliphatic rings. The van der Waals surface area contributed by atoms with E-state index in [1.807, 2.05) is 42.5 Å². The Balaban J connectivity index is 1.28. The minimum atomic E-state index is -0.0854. The molecule has 0 atom stereocenters. The standard InChI is InChI=1S/C28H33N3O4S/c1-34-25-15-14-21(16-26(25)35-23-8-4-5-9-23)24-18-36-28(33)31(30-24)17-19-10-12-20(13-11-19)27(32)29-22-6-2-3-7-22/h10-16,22-23H,2-9,17-18H2,1H3,(H,29,32). The second kappa shape index (κ2) is 11.4. The van der Waals surface area contributed by atoms with Gasteiger partial charge < -0.3 is 14.8 Å². The predicted molar refractivity (Wildman–Crippen MR) is 142 cm³/mol. The zero-order valence-corrected chi connectivity index (χ0v) is 21.5. The van der Waals surface area contributed by atoms with Gasteiger partial charge in [0.2, 0.25) is 0 Å². The van der Waals surface area contributed by atoms with E-state index in [-0.39, 0.29) is 23.3 Å². The van der Waals surface area contributed by atoms with Crippen molar-refractivity contribution in [3.8, 4) is 11.5 Å². The van der Waals surface area contributed by atoms with Crippen molar-refractivity contribution in [1.29, 1.82) is 0 Å². The Kier molecular flexibility index (Phi) is 7.80. The number of thioether (sulfide) groups is 1. The zero-order valence-electron chi connectivity index (χ0n) is 20.7. The summed E-state index contributed by atoms with van der Waals surface area (Å²) in [6.45, 7) is 0.349. The summed E-state index contributed by atoms with van der Waals surface area (Å²) in [6, 6.07) is 13.6. The average Bonchev–Trinajstić information content (AvgIpc) is 3.60. The SMILES string of the molecule is COc1ccc(C2=NN(Cc3ccc(C(=O)NC4CCCC4)cc3)C(=O)SC2)cc1OC1CCCC1. The van der Waals surface area contributed by atoms with Gasteiger partial charge in [-0.05, 0) is 74.4 Å². The zero-order chi connectivity index (χ0) is 24.9. The summed E-state index contributed by atoms with van der Waals surface area (Å²) in [5.74, 6) is 1.91.